The minimum Gasteiger partial charge on any atom is -0.489 e. The maximum atomic E-state index is 12.2. The normalized spacial score (nSPS) is 13.5. The summed E-state index contributed by atoms with van der Waals surface area (Å²) in [6, 6.07) is 3.55. The Kier molecular flexibility index (Phi) is 4.73. The van der Waals surface area contributed by atoms with Crippen LogP contribution in [0.2, 0.25) is 5.02 Å². The highest BCUT2D eigenvalue weighted by molar-refractivity contribution is 7.15. The number of nitrogens with one attached hydrogen (secondary N) is 1. The van der Waals surface area contributed by atoms with Gasteiger partial charge in [-0.2, -0.15) is 0 Å². The van der Waals surface area contributed by atoms with E-state index in [2.05, 4.69) is 10.3 Å². The first-order valence-electron chi connectivity index (χ1n) is 7.35. The van der Waals surface area contributed by atoms with Crippen LogP contribution in [0.5, 0.6) is 11.5 Å². The molecule has 1 aliphatic heterocycles. The maximum Gasteiger partial charge on any atom is 0.230 e. The number of nitrogens with zero attached hydrogens (tertiary/aromatic N) is 1. The number of halogens is 1. The van der Waals surface area contributed by atoms with Crippen LogP contribution >= 0.6 is 22.9 Å². The predicted octanol–water partition coefficient (Wildman–Crippen LogP) is 3.76. The van der Waals surface area contributed by atoms with Gasteiger partial charge < -0.3 is 14.8 Å². The van der Waals surface area contributed by atoms with Crippen molar-refractivity contribution in [3.8, 4) is 11.5 Å². The second-order valence-electron chi connectivity index (χ2n) is 5.34. The van der Waals surface area contributed by atoms with Gasteiger partial charge in [-0.1, -0.05) is 11.6 Å². The number of carbonyl (C=O) groups excluding carboxylic acids is 1. The van der Waals surface area contributed by atoms with E-state index in [0.29, 0.717) is 34.9 Å². The van der Waals surface area contributed by atoms with Gasteiger partial charge in [-0.25, -0.2) is 4.98 Å². The Morgan fingerprint density at radius 3 is 2.87 bits per heavy atom. The molecule has 1 N–H and O–H groups in total. The van der Waals surface area contributed by atoms with Crippen molar-refractivity contribution in [2.45, 2.75) is 26.7 Å². The van der Waals surface area contributed by atoms with Crippen molar-refractivity contribution in [2.75, 3.05) is 18.5 Å². The molecule has 0 saturated heterocycles. The van der Waals surface area contributed by atoms with E-state index in [4.69, 9.17) is 21.1 Å². The van der Waals surface area contributed by atoms with Crippen LogP contribution in [-0.4, -0.2) is 24.1 Å². The molecule has 0 bridgehead atoms. The topological polar surface area (TPSA) is 60.5 Å². The Morgan fingerprint density at radius 1 is 1.35 bits per heavy atom. The fourth-order valence-electron chi connectivity index (χ4n) is 2.26. The van der Waals surface area contributed by atoms with Gasteiger partial charge in [0.1, 0.15) is 0 Å². The summed E-state index contributed by atoms with van der Waals surface area (Å²) >= 11 is 7.71. The maximum absolute atomic E-state index is 12.2. The largest absolute Gasteiger partial charge is 0.489 e. The number of carbonyl (C=O) groups is 1. The zero-order chi connectivity index (χ0) is 16.4. The third-order valence-electron chi connectivity index (χ3n) is 3.50. The monoisotopic (exact) mass is 352 g/mol. The van der Waals surface area contributed by atoms with Gasteiger partial charge in [-0.05, 0) is 31.5 Å². The molecule has 0 fully saturated rings. The molecule has 7 heteroatoms. The number of amides is 1. The van der Waals surface area contributed by atoms with Gasteiger partial charge in [0.2, 0.25) is 5.91 Å². The van der Waals surface area contributed by atoms with E-state index in [9.17, 15) is 4.79 Å². The van der Waals surface area contributed by atoms with Gasteiger partial charge in [0.05, 0.1) is 30.4 Å². The fraction of sp³-hybridized carbons (Fsp3) is 0.375. The highest BCUT2D eigenvalue weighted by atomic mass is 35.5. The molecule has 0 aliphatic carbocycles. The van der Waals surface area contributed by atoms with Crippen LogP contribution in [0.15, 0.2) is 12.1 Å². The zero-order valence-electron chi connectivity index (χ0n) is 12.9. The Labute approximate surface area is 143 Å². The van der Waals surface area contributed by atoms with Crippen molar-refractivity contribution < 1.29 is 14.3 Å². The molecule has 0 unspecified atom stereocenters. The zero-order valence-corrected chi connectivity index (χ0v) is 14.5. The van der Waals surface area contributed by atoms with Crippen LogP contribution in [0.3, 0.4) is 0 Å². The molecule has 23 heavy (non-hydrogen) atoms. The van der Waals surface area contributed by atoms with Gasteiger partial charge in [0, 0.05) is 11.3 Å². The van der Waals surface area contributed by atoms with Gasteiger partial charge in [0.15, 0.2) is 16.6 Å². The number of anilines is 1. The van der Waals surface area contributed by atoms with Gasteiger partial charge >= 0.3 is 0 Å². The second kappa shape index (κ2) is 6.76. The number of aryl methyl sites for hydroxylation is 2. The summed E-state index contributed by atoms with van der Waals surface area (Å²) in [6.07, 6.45) is 1.01. The summed E-state index contributed by atoms with van der Waals surface area (Å²) in [6.45, 7) is 5.06. The van der Waals surface area contributed by atoms with Crippen LogP contribution in [0.1, 0.15) is 22.6 Å². The molecule has 3 rings (SSSR count). The minimum atomic E-state index is -0.135. The number of hydrogen-bond acceptors (Lipinski definition) is 5. The van der Waals surface area contributed by atoms with Crippen LogP contribution in [0, 0.1) is 13.8 Å². The molecular weight excluding hydrogens is 336 g/mol. The van der Waals surface area contributed by atoms with Gasteiger partial charge in [0.25, 0.3) is 0 Å². The van der Waals surface area contributed by atoms with Crippen molar-refractivity contribution in [1.82, 2.24) is 4.98 Å². The van der Waals surface area contributed by atoms with E-state index in [0.717, 1.165) is 22.6 Å². The van der Waals surface area contributed by atoms with E-state index in [1.807, 2.05) is 19.9 Å². The lowest BCUT2D eigenvalue weighted by Crippen LogP contribution is -2.14. The van der Waals surface area contributed by atoms with Crippen LogP contribution < -0.4 is 14.8 Å². The summed E-state index contributed by atoms with van der Waals surface area (Å²) in [5.74, 6) is 1.02. The molecule has 0 radical (unpaired) electrons. The second-order valence-corrected chi connectivity index (χ2v) is 6.95. The number of ether oxygens (including phenoxy) is 2. The summed E-state index contributed by atoms with van der Waals surface area (Å²) in [5, 5.41) is 3.90. The predicted molar refractivity (Wildman–Crippen MR) is 91.0 cm³/mol. The minimum absolute atomic E-state index is 0.135. The number of fused-ring (bicyclic) bond motifs is 1. The van der Waals surface area contributed by atoms with Crippen LogP contribution in [0.4, 0.5) is 5.13 Å². The first-order valence-corrected chi connectivity index (χ1v) is 8.54. The lowest BCUT2D eigenvalue weighted by Gasteiger charge is -2.11. The average molecular weight is 353 g/mol. The molecule has 1 aromatic carbocycles. The quantitative estimate of drug-likeness (QED) is 0.913. The molecule has 1 aromatic heterocycles. The third kappa shape index (κ3) is 3.76. The van der Waals surface area contributed by atoms with Crippen molar-refractivity contribution in [3.05, 3.63) is 33.3 Å². The van der Waals surface area contributed by atoms with Crippen LogP contribution in [0.25, 0.3) is 0 Å². The Balaban J connectivity index is 1.73. The molecule has 0 saturated carbocycles. The molecule has 5 nitrogen and oxygen atoms in total. The lowest BCUT2D eigenvalue weighted by molar-refractivity contribution is -0.115. The molecule has 2 aromatic rings. The summed E-state index contributed by atoms with van der Waals surface area (Å²) < 4.78 is 11.2. The van der Waals surface area contributed by atoms with E-state index < -0.39 is 0 Å². The number of aromatic nitrogens is 1. The Morgan fingerprint density at radius 2 is 2.13 bits per heavy atom. The van der Waals surface area contributed by atoms with Crippen molar-refractivity contribution in [3.63, 3.8) is 0 Å². The fourth-order valence-corrected chi connectivity index (χ4v) is 3.38. The number of rotatable bonds is 3. The Bertz CT molecular complexity index is 726. The molecular formula is C16H17ClN2O3S. The number of benzene rings is 1. The first kappa shape index (κ1) is 16.1. The van der Waals surface area contributed by atoms with E-state index >= 15 is 0 Å². The molecule has 1 aliphatic rings. The standard InChI is InChI=1S/C16H17ClN2O3S/c1-9-10(2)23-16(18-9)19-14(20)8-11-6-12(17)15-13(7-11)21-4-3-5-22-15/h6-7H,3-5,8H2,1-2H3,(H,18,19,20). The number of hydrogen-bond donors (Lipinski definition) is 1. The summed E-state index contributed by atoms with van der Waals surface area (Å²) in [5.41, 5.74) is 1.71. The van der Waals surface area contributed by atoms with Crippen molar-refractivity contribution >= 4 is 34.0 Å². The highest BCUT2D eigenvalue weighted by Gasteiger charge is 2.17. The third-order valence-corrected chi connectivity index (χ3v) is 4.77. The number of thiazole rings is 1. The van der Waals surface area contributed by atoms with Crippen LogP contribution in [-0.2, 0) is 11.2 Å². The molecule has 2 heterocycles. The van der Waals surface area contributed by atoms with Gasteiger partial charge in [-0.3, -0.25) is 4.79 Å². The molecule has 122 valence electrons. The smallest absolute Gasteiger partial charge is 0.230 e. The summed E-state index contributed by atoms with van der Waals surface area (Å²) in [4.78, 5) is 17.6. The highest BCUT2D eigenvalue weighted by Crippen LogP contribution is 2.38. The van der Waals surface area contributed by atoms with Crippen molar-refractivity contribution in [2.24, 2.45) is 0 Å². The average Bonchev–Trinajstić information content (AvgIpc) is 2.68. The lowest BCUT2D eigenvalue weighted by atomic mass is 10.1. The molecule has 1 amide bonds. The SMILES string of the molecule is Cc1nc(NC(=O)Cc2cc(Cl)c3c(c2)OCCCO3)sc1C. The summed E-state index contributed by atoms with van der Waals surface area (Å²) in [7, 11) is 0. The van der Waals surface area contributed by atoms with E-state index in [-0.39, 0.29) is 12.3 Å². The molecule has 0 spiro atoms. The first-order chi connectivity index (χ1) is 11.0. The Hall–Kier alpha value is -1.79. The van der Waals surface area contributed by atoms with Gasteiger partial charge in [-0.15, -0.1) is 11.3 Å². The van der Waals surface area contributed by atoms with Crippen molar-refractivity contribution in [1.29, 1.82) is 0 Å². The van der Waals surface area contributed by atoms with E-state index in [1.54, 1.807) is 6.07 Å². The van der Waals surface area contributed by atoms with E-state index in [1.165, 1.54) is 11.3 Å². The molecule has 0 atom stereocenters.